The summed E-state index contributed by atoms with van der Waals surface area (Å²) in [6.07, 6.45) is 1.71. The highest BCUT2D eigenvalue weighted by Gasteiger charge is 2.21. The number of halogens is 1. The third-order valence-corrected chi connectivity index (χ3v) is 4.72. The minimum Gasteiger partial charge on any atom is -0.489 e. The monoisotopic (exact) mass is 385 g/mol. The Morgan fingerprint density at radius 2 is 1.89 bits per heavy atom. The first kappa shape index (κ1) is 20.1. The van der Waals surface area contributed by atoms with Crippen LogP contribution in [0.5, 0.6) is 5.75 Å². The molecule has 0 aliphatic carbocycles. The van der Waals surface area contributed by atoms with Gasteiger partial charge in [-0.1, -0.05) is 30.3 Å². The Hall–Kier alpha value is -2.60. The van der Waals surface area contributed by atoms with Crippen molar-refractivity contribution in [1.29, 1.82) is 0 Å². The van der Waals surface area contributed by atoms with E-state index in [0.29, 0.717) is 11.4 Å². The number of likely N-dealkylation sites (tertiary alicyclic amines) is 1. The highest BCUT2D eigenvalue weighted by Crippen LogP contribution is 2.26. The van der Waals surface area contributed by atoms with Crippen LogP contribution in [0.1, 0.15) is 32.3 Å². The molecule has 0 radical (unpaired) electrons. The molecule has 1 aliphatic rings. The number of hydrogen-bond acceptors (Lipinski definition) is 3. The summed E-state index contributed by atoms with van der Waals surface area (Å²) in [5.41, 5.74) is 1.64. The molecule has 1 aliphatic heterocycles. The molecule has 5 nitrogen and oxygen atoms in total. The number of hydrogen-bond donors (Lipinski definition) is 2. The number of urea groups is 1. The highest BCUT2D eigenvalue weighted by atomic mass is 19.1. The molecule has 0 aromatic heterocycles. The summed E-state index contributed by atoms with van der Waals surface area (Å²) in [6, 6.07) is 14.3. The average molecular weight is 385 g/mol. The maximum atomic E-state index is 13.6. The van der Waals surface area contributed by atoms with Gasteiger partial charge in [-0.3, -0.25) is 4.90 Å². The van der Waals surface area contributed by atoms with Gasteiger partial charge in [0, 0.05) is 31.7 Å². The standard InChI is InChI=1S/C22H28FN3O2/c1-16(2)28-21-9-8-18(23)14-20(21)25-22(27)24-19-10-12-26(13-11-19)15-17-6-4-3-5-7-17/h3-9,14,16,19H,10-13,15H2,1-2H3,(H2,24,25,27). The van der Waals surface area contributed by atoms with Crippen LogP contribution in [0.2, 0.25) is 0 Å². The van der Waals surface area contributed by atoms with Crippen molar-refractivity contribution in [3.8, 4) is 5.75 Å². The van der Waals surface area contributed by atoms with Gasteiger partial charge in [-0.05, 0) is 44.4 Å². The first-order valence-electron chi connectivity index (χ1n) is 9.79. The van der Waals surface area contributed by atoms with Gasteiger partial charge >= 0.3 is 6.03 Å². The van der Waals surface area contributed by atoms with E-state index in [1.807, 2.05) is 19.9 Å². The van der Waals surface area contributed by atoms with E-state index in [0.717, 1.165) is 32.5 Å². The largest absolute Gasteiger partial charge is 0.489 e. The number of benzene rings is 2. The Kier molecular flexibility index (Phi) is 6.87. The molecule has 0 atom stereocenters. The van der Waals surface area contributed by atoms with Crippen LogP contribution in [-0.2, 0) is 6.54 Å². The maximum Gasteiger partial charge on any atom is 0.319 e. The highest BCUT2D eigenvalue weighted by molar-refractivity contribution is 5.91. The number of carbonyl (C=O) groups excluding carboxylic acids is 1. The predicted molar refractivity (Wildman–Crippen MR) is 109 cm³/mol. The predicted octanol–water partition coefficient (Wildman–Crippen LogP) is 4.40. The first-order valence-corrected chi connectivity index (χ1v) is 9.79. The molecule has 2 N–H and O–H groups in total. The van der Waals surface area contributed by atoms with Gasteiger partial charge < -0.3 is 15.4 Å². The molecule has 0 spiro atoms. The zero-order chi connectivity index (χ0) is 19.9. The Balaban J connectivity index is 1.49. The van der Waals surface area contributed by atoms with E-state index < -0.39 is 5.82 Å². The summed E-state index contributed by atoms with van der Waals surface area (Å²) in [5.74, 6) is 0.0462. The van der Waals surface area contributed by atoms with Gasteiger partial charge in [0.2, 0.25) is 0 Å². The third kappa shape index (κ3) is 5.96. The SMILES string of the molecule is CC(C)Oc1ccc(F)cc1NC(=O)NC1CCN(Cc2ccccc2)CC1. The van der Waals surface area contributed by atoms with E-state index in [4.69, 9.17) is 4.74 Å². The zero-order valence-electron chi connectivity index (χ0n) is 16.5. The van der Waals surface area contributed by atoms with E-state index in [2.05, 4.69) is 39.8 Å². The topological polar surface area (TPSA) is 53.6 Å². The lowest BCUT2D eigenvalue weighted by atomic mass is 10.0. The molecule has 6 heteroatoms. The normalized spacial score (nSPS) is 15.4. The van der Waals surface area contributed by atoms with Gasteiger partial charge in [0.1, 0.15) is 11.6 Å². The number of carbonyl (C=O) groups is 1. The lowest BCUT2D eigenvalue weighted by Gasteiger charge is -2.32. The average Bonchev–Trinajstić information content (AvgIpc) is 2.66. The van der Waals surface area contributed by atoms with Crippen molar-refractivity contribution in [3.63, 3.8) is 0 Å². The molecule has 1 fully saturated rings. The summed E-state index contributed by atoms with van der Waals surface area (Å²) in [4.78, 5) is 14.8. The molecule has 0 unspecified atom stereocenters. The fourth-order valence-electron chi connectivity index (χ4n) is 3.38. The molecular formula is C22H28FN3O2. The minimum atomic E-state index is -0.416. The van der Waals surface area contributed by atoms with Crippen molar-refractivity contribution < 1.29 is 13.9 Å². The molecule has 2 amide bonds. The number of ether oxygens (including phenoxy) is 1. The van der Waals surface area contributed by atoms with Crippen molar-refractivity contribution in [2.45, 2.75) is 45.4 Å². The van der Waals surface area contributed by atoms with E-state index in [9.17, 15) is 9.18 Å². The molecule has 0 bridgehead atoms. The molecule has 2 aromatic carbocycles. The smallest absolute Gasteiger partial charge is 0.319 e. The maximum absolute atomic E-state index is 13.6. The van der Waals surface area contributed by atoms with E-state index in [1.165, 1.54) is 23.8 Å². The number of amides is 2. The first-order chi connectivity index (χ1) is 13.5. The quantitative estimate of drug-likeness (QED) is 0.775. The van der Waals surface area contributed by atoms with Crippen molar-refractivity contribution >= 4 is 11.7 Å². The van der Waals surface area contributed by atoms with Gasteiger partial charge in [0.05, 0.1) is 11.8 Å². The molecule has 2 aromatic rings. The van der Waals surface area contributed by atoms with Crippen LogP contribution < -0.4 is 15.4 Å². The van der Waals surface area contributed by atoms with E-state index >= 15 is 0 Å². The second kappa shape index (κ2) is 9.55. The van der Waals surface area contributed by atoms with Crippen LogP contribution in [0, 0.1) is 5.82 Å². The van der Waals surface area contributed by atoms with Crippen LogP contribution in [0.3, 0.4) is 0 Å². The van der Waals surface area contributed by atoms with Crippen LogP contribution in [0.15, 0.2) is 48.5 Å². The van der Waals surface area contributed by atoms with Crippen molar-refractivity contribution in [3.05, 3.63) is 59.9 Å². The van der Waals surface area contributed by atoms with Crippen molar-refractivity contribution in [2.24, 2.45) is 0 Å². The Bertz CT molecular complexity index is 775. The summed E-state index contributed by atoms with van der Waals surface area (Å²) >= 11 is 0. The van der Waals surface area contributed by atoms with Gasteiger partial charge in [0.15, 0.2) is 0 Å². The molecule has 3 rings (SSSR count). The molecule has 150 valence electrons. The van der Waals surface area contributed by atoms with E-state index in [1.54, 1.807) is 0 Å². The lowest BCUT2D eigenvalue weighted by molar-refractivity contribution is 0.189. The summed E-state index contributed by atoms with van der Waals surface area (Å²) < 4.78 is 19.2. The fraction of sp³-hybridized carbons (Fsp3) is 0.409. The number of rotatable bonds is 6. The Morgan fingerprint density at radius 1 is 1.18 bits per heavy atom. The van der Waals surface area contributed by atoms with Crippen LogP contribution in [-0.4, -0.2) is 36.2 Å². The van der Waals surface area contributed by atoms with Crippen LogP contribution >= 0.6 is 0 Å². The number of piperidine rings is 1. The van der Waals surface area contributed by atoms with Gasteiger partial charge in [-0.2, -0.15) is 0 Å². The molecule has 0 saturated carbocycles. The number of anilines is 1. The Labute approximate surface area is 165 Å². The second-order valence-electron chi connectivity index (χ2n) is 7.44. The minimum absolute atomic E-state index is 0.0667. The zero-order valence-corrected chi connectivity index (χ0v) is 16.5. The Morgan fingerprint density at radius 3 is 2.57 bits per heavy atom. The molecule has 1 saturated heterocycles. The number of nitrogens with zero attached hydrogens (tertiary/aromatic N) is 1. The van der Waals surface area contributed by atoms with Crippen molar-refractivity contribution in [2.75, 3.05) is 18.4 Å². The van der Waals surface area contributed by atoms with Crippen molar-refractivity contribution in [1.82, 2.24) is 10.2 Å². The molecular weight excluding hydrogens is 357 g/mol. The second-order valence-corrected chi connectivity index (χ2v) is 7.44. The van der Waals surface area contributed by atoms with Gasteiger partial charge in [-0.15, -0.1) is 0 Å². The fourth-order valence-corrected chi connectivity index (χ4v) is 3.38. The van der Waals surface area contributed by atoms with E-state index in [-0.39, 0.29) is 18.2 Å². The van der Waals surface area contributed by atoms with Crippen LogP contribution in [0.4, 0.5) is 14.9 Å². The van der Waals surface area contributed by atoms with Gasteiger partial charge in [-0.25, -0.2) is 9.18 Å². The molecule has 1 heterocycles. The van der Waals surface area contributed by atoms with Gasteiger partial charge in [0.25, 0.3) is 0 Å². The number of nitrogens with one attached hydrogen (secondary N) is 2. The third-order valence-electron chi connectivity index (χ3n) is 4.72. The summed E-state index contributed by atoms with van der Waals surface area (Å²) in [5, 5.41) is 5.72. The lowest BCUT2D eigenvalue weighted by Crippen LogP contribution is -2.45. The summed E-state index contributed by atoms with van der Waals surface area (Å²) in [7, 11) is 0. The van der Waals surface area contributed by atoms with Crippen LogP contribution in [0.25, 0.3) is 0 Å². The molecule has 28 heavy (non-hydrogen) atoms. The summed E-state index contributed by atoms with van der Waals surface area (Å²) in [6.45, 7) is 6.56.